The van der Waals surface area contributed by atoms with Gasteiger partial charge in [0.05, 0.1) is 35.5 Å². The molecule has 2 aliphatic rings. The van der Waals surface area contributed by atoms with Gasteiger partial charge in [0, 0.05) is 6.04 Å². The maximum Gasteiger partial charge on any atom is 0.415 e. The molecule has 21 heteroatoms. The molecule has 2 amide bonds. The molecular weight excluding hydrogens is 774 g/mol. The van der Waals surface area contributed by atoms with Crippen molar-refractivity contribution in [1.29, 1.82) is 0 Å². The SMILES string of the molecule is CCC[C@H](N[C@@H](C)C(=O)N1[C@H](C(=O)O)C[C@@H]2CCCC[C@@H]21)C(=O)OCC.Cc1ccc(S(=O)(=O)c2c(OC(C)CC(=O)N[C@@H](CC(=O)O)C(=O)O)no[n+]2[O-])cc1. The monoisotopic (exact) mass is 825 g/mol. The van der Waals surface area contributed by atoms with E-state index in [1.807, 2.05) is 12.2 Å². The molecule has 316 valence electrons. The topological polar surface area (TPSA) is 296 Å². The Kier molecular flexibility index (Phi) is 16.8. The molecule has 1 aliphatic carbocycles. The first-order valence-corrected chi connectivity index (χ1v) is 20.1. The summed E-state index contributed by atoms with van der Waals surface area (Å²) in [5.41, 5.74) is 0.790. The number of esters is 1. The van der Waals surface area contributed by atoms with Gasteiger partial charge >= 0.3 is 34.8 Å². The number of carboxylic acid groups (broad SMARTS) is 3. The number of fused-ring (bicyclic) bond motifs is 1. The molecule has 1 aromatic heterocycles. The molecule has 1 aromatic carbocycles. The molecule has 0 bridgehead atoms. The lowest BCUT2D eigenvalue weighted by Gasteiger charge is -2.35. The number of sulfone groups is 1. The summed E-state index contributed by atoms with van der Waals surface area (Å²) in [6, 6.07) is 2.04. The highest BCUT2D eigenvalue weighted by atomic mass is 32.2. The minimum absolute atomic E-state index is 0.00817. The van der Waals surface area contributed by atoms with Crippen molar-refractivity contribution in [3.8, 4) is 5.88 Å². The predicted octanol–water partition coefficient (Wildman–Crippen LogP) is 1.59. The van der Waals surface area contributed by atoms with Crippen LogP contribution in [0, 0.1) is 18.0 Å². The first-order chi connectivity index (χ1) is 26.8. The number of likely N-dealkylation sites (tertiary alicyclic amines) is 1. The molecule has 1 unspecified atom stereocenters. The van der Waals surface area contributed by atoms with Crippen LogP contribution in [0.25, 0.3) is 0 Å². The van der Waals surface area contributed by atoms with Gasteiger partial charge in [0.1, 0.15) is 24.2 Å². The number of hydrogen-bond donors (Lipinski definition) is 5. The van der Waals surface area contributed by atoms with Crippen molar-refractivity contribution >= 4 is 45.5 Å². The van der Waals surface area contributed by atoms with Gasteiger partial charge in [0.25, 0.3) is 9.84 Å². The molecule has 57 heavy (non-hydrogen) atoms. The number of carbonyl (C=O) groups excluding carboxylic acids is 3. The maximum absolute atomic E-state index is 13.1. The minimum Gasteiger partial charge on any atom is -0.481 e. The number of ether oxygens (including phenoxy) is 2. The second-order valence-corrected chi connectivity index (χ2v) is 15.8. The second-order valence-electron chi connectivity index (χ2n) is 14.0. The lowest BCUT2D eigenvalue weighted by Crippen LogP contribution is -2.55. The fourth-order valence-electron chi connectivity index (χ4n) is 6.86. The molecule has 5 N–H and O–H groups in total. The smallest absolute Gasteiger partial charge is 0.415 e. The zero-order chi connectivity index (χ0) is 42.6. The third kappa shape index (κ3) is 12.3. The van der Waals surface area contributed by atoms with Crippen LogP contribution in [0.2, 0.25) is 0 Å². The Labute approximate surface area is 329 Å². The van der Waals surface area contributed by atoms with E-state index in [4.69, 9.17) is 19.7 Å². The average Bonchev–Trinajstić information content (AvgIpc) is 3.71. The van der Waals surface area contributed by atoms with E-state index < -0.39 is 87.7 Å². The number of rotatable bonds is 18. The summed E-state index contributed by atoms with van der Waals surface area (Å²) in [7, 11) is -4.37. The Hall–Kier alpha value is -5.31. The molecule has 2 fully saturated rings. The normalized spacial score (nSPS) is 19.7. The van der Waals surface area contributed by atoms with Gasteiger partial charge in [-0.3, -0.25) is 29.1 Å². The van der Waals surface area contributed by atoms with Crippen molar-refractivity contribution < 1.29 is 71.5 Å². The Balaban J connectivity index is 0.000000310. The summed E-state index contributed by atoms with van der Waals surface area (Å²) in [6.07, 6.45) is 3.48. The number of nitrogens with zero attached hydrogens (tertiary/aromatic N) is 3. The van der Waals surface area contributed by atoms with Crippen molar-refractivity contribution in [3.63, 3.8) is 0 Å². The van der Waals surface area contributed by atoms with Gasteiger partial charge in [-0.05, 0) is 76.3 Å². The van der Waals surface area contributed by atoms with Crippen LogP contribution < -0.4 is 20.3 Å². The molecule has 2 aromatic rings. The molecular formula is C36H51N5O15S. The van der Waals surface area contributed by atoms with E-state index in [1.54, 1.807) is 25.7 Å². The largest absolute Gasteiger partial charge is 0.481 e. The molecule has 1 saturated carbocycles. The molecule has 1 aliphatic heterocycles. The number of hydrogen-bond acceptors (Lipinski definition) is 14. The Morgan fingerprint density at radius 3 is 2.25 bits per heavy atom. The Bertz CT molecular complexity index is 1850. The van der Waals surface area contributed by atoms with Crippen LogP contribution in [-0.2, 0) is 43.3 Å². The van der Waals surface area contributed by atoms with Gasteiger partial charge in [-0.25, -0.2) is 18.0 Å². The van der Waals surface area contributed by atoms with E-state index in [9.17, 15) is 47.5 Å². The third-order valence-electron chi connectivity index (χ3n) is 9.53. The van der Waals surface area contributed by atoms with Crippen molar-refractivity contribution in [1.82, 2.24) is 20.7 Å². The van der Waals surface area contributed by atoms with Crippen molar-refractivity contribution in [2.75, 3.05) is 6.61 Å². The summed E-state index contributed by atoms with van der Waals surface area (Å²) in [6.45, 7) is 8.79. The van der Waals surface area contributed by atoms with Gasteiger partial charge in [0.2, 0.25) is 11.8 Å². The van der Waals surface area contributed by atoms with Crippen LogP contribution in [0.4, 0.5) is 0 Å². The van der Waals surface area contributed by atoms with E-state index in [-0.39, 0.29) is 33.6 Å². The van der Waals surface area contributed by atoms with E-state index in [2.05, 4.69) is 15.1 Å². The van der Waals surface area contributed by atoms with Crippen LogP contribution in [-0.4, -0.2) is 112 Å². The molecule has 2 heterocycles. The molecule has 7 atom stereocenters. The lowest BCUT2D eigenvalue weighted by atomic mass is 9.84. The van der Waals surface area contributed by atoms with Crippen LogP contribution in [0.1, 0.15) is 91.0 Å². The highest BCUT2D eigenvalue weighted by Crippen LogP contribution is 2.40. The Morgan fingerprint density at radius 2 is 1.67 bits per heavy atom. The fourth-order valence-corrected chi connectivity index (χ4v) is 8.12. The summed E-state index contributed by atoms with van der Waals surface area (Å²) in [5, 5.41) is 46.6. The summed E-state index contributed by atoms with van der Waals surface area (Å²) in [4.78, 5) is 71.6. The van der Waals surface area contributed by atoms with Crippen molar-refractivity contribution in [2.24, 2.45) is 5.92 Å². The van der Waals surface area contributed by atoms with E-state index in [1.165, 1.54) is 31.2 Å². The number of nitrogens with one attached hydrogen (secondary N) is 2. The second kappa shape index (κ2) is 20.7. The molecule has 4 rings (SSSR count). The summed E-state index contributed by atoms with van der Waals surface area (Å²) in [5.74, 6) is -5.77. The van der Waals surface area contributed by atoms with Crippen LogP contribution in [0.3, 0.4) is 0 Å². The number of aliphatic carboxylic acids is 3. The zero-order valence-electron chi connectivity index (χ0n) is 32.4. The van der Waals surface area contributed by atoms with E-state index >= 15 is 0 Å². The molecule has 0 spiro atoms. The highest BCUT2D eigenvalue weighted by molar-refractivity contribution is 7.91. The number of aromatic nitrogens is 2. The lowest BCUT2D eigenvalue weighted by molar-refractivity contribution is -0.832. The fraction of sp³-hybridized carbons (Fsp3) is 0.611. The van der Waals surface area contributed by atoms with Crippen LogP contribution in [0.15, 0.2) is 38.8 Å². The minimum atomic E-state index is -4.37. The molecule has 20 nitrogen and oxygen atoms in total. The van der Waals surface area contributed by atoms with Gasteiger partial charge in [-0.2, -0.15) is 0 Å². The number of carbonyl (C=O) groups is 6. The van der Waals surface area contributed by atoms with E-state index in [0.29, 0.717) is 19.4 Å². The predicted molar refractivity (Wildman–Crippen MR) is 195 cm³/mol. The molecule has 0 radical (unpaired) electrons. The van der Waals surface area contributed by atoms with Crippen molar-refractivity contribution in [3.05, 3.63) is 35.0 Å². The highest BCUT2D eigenvalue weighted by Gasteiger charge is 2.48. The number of carboxylic acids is 3. The van der Waals surface area contributed by atoms with Crippen LogP contribution in [0.5, 0.6) is 5.88 Å². The van der Waals surface area contributed by atoms with Crippen LogP contribution >= 0.6 is 0 Å². The maximum atomic E-state index is 13.1. The average molecular weight is 826 g/mol. The summed E-state index contributed by atoms with van der Waals surface area (Å²) < 4.78 is 40.2. The molecule has 1 saturated heterocycles. The van der Waals surface area contributed by atoms with Gasteiger partial charge in [-0.1, -0.05) is 43.9 Å². The standard InChI is InChI=1S/C19H32N2O5.C17H19N3O10S/c1-4-8-14(19(25)26-5-2)20-12(3)17(22)21-15-10-7-6-9-13(15)11-16(21)18(23)24;1-9-3-5-11(6-4-9)31(27,28)16-15(19-30-20(16)26)29-10(2)7-13(21)18-12(17(24)25)8-14(22)23/h12-16,20H,4-11H2,1-3H3,(H,23,24);3-6,10,12H,7-8H2,1-2H3,(H,18,21)(H,22,23)(H,24,25)/t12-,13-,14-,15-,16-;10?,12-/m00/s1. The van der Waals surface area contributed by atoms with Crippen molar-refractivity contribution in [2.45, 2.75) is 139 Å². The quantitative estimate of drug-likeness (QED) is 0.105. The third-order valence-corrected chi connectivity index (χ3v) is 11.3. The Morgan fingerprint density at radius 1 is 1.02 bits per heavy atom. The first kappa shape index (κ1) is 46.1. The van der Waals surface area contributed by atoms with Gasteiger partial charge in [-0.15, -0.1) is 0 Å². The number of amides is 2. The number of benzene rings is 1. The summed E-state index contributed by atoms with van der Waals surface area (Å²) >= 11 is 0. The number of aryl methyl sites for hydroxylation is 1. The first-order valence-electron chi connectivity index (χ1n) is 18.6. The van der Waals surface area contributed by atoms with Gasteiger partial charge in [0.15, 0.2) is 0 Å². The zero-order valence-corrected chi connectivity index (χ0v) is 33.2. The van der Waals surface area contributed by atoms with Gasteiger partial charge < -0.3 is 40.2 Å². The van der Waals surface area contributed by atoms with E-state index in [0.717, 1.165) is 37.7 Å².